The van der Waals surface area contributed by atoms with Gasteiger partial charge in [-0.1, -0.05) is 12.1 Å². The second kappa shape index (κ2) is 7.99. The van der Waals surface area contributed by atoms with Crippen LogP contribution in [-0.2, 0) is 0 Å². The molecule has 140 valence electrons. The zero-order valence-electron chi connectivity index (χ0n) is 15.1. The normalized spacial score (nSPS) is 10.9. The van der Waals surface area contributed by atoms with Crippen molar-refractivity contribution in [2.75, 3.05) is 0 Å². The summed E-state index contributed by atoms with van der Waals surface area (Å²) in [4.78, 5) is 17.5. The molecular formula is C23H14BrN3S2. The number of nitrogens with zero attached hydrogens (tertiary/aromatic N) is 3. The number of rotatable bonds is 4. The summed E-state index contributed by atoms with van der Waals surface area (Å²) in [6, 6.07) is 24.6. The second-order valence-corrected chi connectivity index (χ2v) is 9.87. The molecule has 0 atom stereocenters. The molecule has 0 amide bonds. The largest absolute Gasteiger partial charge is 0.255 e. The van der Waals surface area contributed by atoms with Gasteiger partial charge in [-0.25, -0.2) is 4.98 Å². The summed E-state index contributed by atoms with van der Waals surface area (Å²) in [6.07, 6.45) is 3.59. The van der Waals surface area contributed by atoms with Crippen molar-refractivity contribution in [3.05, 3.63) is 89.0 Å². The average molecular weight is 476 g/mol. The van der Waals surface area contributed by atoms with E-state index in [1.54, 1.807) is 35.1 Å². The van der Waals surface area contributed by atoms with Crippen LogP contribution in [-0.4, -0.2) is 15.0 Å². The van der Waals surface area contributed by atoms with Crippen molar-refractivity contribution < 1.29 is 0 Å². The lowest BCUT2D eigenvalue weighted by Gasteiger charge is -2.08. The Hall–Kier alpha value is -2.67. The molecule has 0 N–H and O–H groups in total. The first kappa shape index (κ1) is 18.4. The van der Waals surface area contributed by atoms with Crippen LogP contribution in [0.5, 0.6) is 0 Å². The first-order valence-electron chi connectivity index (χ1n) is 8.97. The molecule has 0 aliphatic rings. The maximum Gasteiger partial charge on any atom is 0.0900 e. The molecule has 0 saturated carbocycles. The second-order valence-electron chi connectivity index (χ2n) is 6.32. The molecule has 3 nitrogen and oxygen atoms in total. The number of pyridine rings is 3. The minimum atomic E-state index is 0.845. The maximum atomic E-state index is 4.84. The summed E-state index contributed by atoms with van der Waals surface area (Å²) in [6.45, 7) is 0. The van der Waals surface area contributed by atoms with Gasteiger partial charge in [0.05, 0.1) is 26.6 Å². The van der Waals surface area contributed by atoms with Crippen LogP contribution in [0.3, 0.4) is 0 Å². The Morgan fingerprint density at radius 3 is 1.72 bits per heavy atom. The number of halogens is 1. The van der Waals surface area contributed by atoms with Gasteiger partial charge in [-0.15, -0.1) is 22.7 Å². The summed E-state index contributed by atoms with van der Waals surface area (Å²) in [5.74, 6) is 0. The van der Waals surface area contributed by atoms with E-state index in [1.807, 2.05) is 36.4 Å². The fourth-order valence-corrected chi connectivity index (χ4v) is 5.51. The van der Waals surface area contributed by atoms with Crippen molar-refractivity contribution in [2.24, 2.45) is 0 Å². The van der Waals surface area contributed by atoms with Crippen LogP contribution in [0.1, 0.15) is 0 Å². The van der Waals surface area contributed by atoms with Gasteiger partial charge in [-0.05, 0) is 82.2 Å². The molecule has 5 aromatic rings. The lowest BCUT2D eigenvalue weighted by atomic mass is 10.1. The lowest BCUT2D eigenvalue weighted by Crippen LogP contribution is -1.93. The van der Waals surface area contributed by atoms with Crippen molar-refractivity contribution in [1.82, 2.24) is 15.0 Å². The predicted octanol–water partition coefficient (Wildman–Crippen LogP) is 7.43. The minimum Gasteiger partial charge on any atom is -0.255 e. The fourth-order valence-electron chi connectivity index (χ4n) is 3.04. The van der Waals surface area contributed by atoms with Gasteiger partial charge in [0, 0.05) is 27.0 Å². The van der Waals surface area contributed by atoms with E-state index in [4.69, 9.17) is 4.98 Å². The van der Waals surface area contributed by atoms with Gasteiger partial charge >= 0.3 is 0 Å². The molecule has 0 spiro atoms. The van der Waals surface area contributed by atoms with Gasteiger partial charge in [0.25, 0.3) is 0 Å². The summed E-state index contributed by atoms with van der Waals surface area (Å²) in [7, 11) is 0. The monoisotopic (exact) mass is 475 g/mol. The van der Waals surface area contributed by atoms with Crippen molar-refractivity contribution in [1.29, 1.82) is 0 Å². The van der Waals surface area contributed by atoms with Gasteiger partial charge in [-0.3, -0.25) is 9.97 Å². The summed E-state index contributed by atoms with van der Waals surface area (Å²) >= 11 is 7.08. The van der Waals surface area contributed by atoms with Gasteiger partial charge in [-0.2, -0.15) is 0 Å². The van der Waals surface area contributed by atoms with Crippen molar-refractivity contribution in [3.63, 3.8) is 0 Å². The molecular weight excluding hydrogens is 462 g/mol. The standard InChI is InChI=1S/C23H14BrN3S2/c24-23-10-9-22(29-23)21-8-7-20(28-21)15-13-18(16-5-1-3-11-25-16)27-19(14-15)17-6-2-4-12-26-17/h1-14H. The summed E-state index contributed by atoms with van der Waals surface area (Å²) < 4.78 is 1.14. The topological polar surface area (TPSA) is 38.7 Å². The van der Waals surface area contributed by atoms with Crippen LogP contribution in [0.25, 0.3) is 43.0 Å². The van der Waals surface area contributed by atoms with E-state index in [0.717, 1.165) is 32.1 Å². The maximum absolute atomic E-state index is 4.84. The third-order valence-corrected chi connectivity index (χ3v) is 7.34. The first-order chi connectivity index (χ1) is 14.3. The summed E-state index contributed by atoms with van der Waals surface area (Å²) in [5, 5.41) is 0. The Bertz CT molecular complexity index is 1210. The molecule has 0 unspecified atom stereocenters. The lowest BCUT2D eigenvalue weighted by molar-refractivity contribution is 1.22. The number of hydrogen-bond donors (Lipinski definition) is 0. The van der Waals surface area contributed by atoms with Crippen molar-refractivity contribution in [2.45, 2.75) is 0 Å². The van der Waals surface area contributed by atoms with Crippen LogP contribution in [0, 0.1) is 0 Å². The van der Waals surface area contributed by atoms with Crippen molar-refractivity contribution >= 4 is 38.6 Å². The molecule has 0 radical (unpaired) electrons. The van der Waals surface area contributed by atoms with E-state index in [9.17, 15) is 0 Å². The molecule has 5 aromatic heterocycles. The molecule has 5 rings (SSSR count). The highest BCUT2D eigenvalue weighted by atomic mass is 79.9. The Balaban J connectivity index is 1.63. The third kappa shape index (κ3) is 3.92. The van der Waals surface area contributed by atoms with Crippen LogP contribution < -0.4 is 0 Å². The molecule has 0 bridgehead atoms. The fraction of sp³-hybridized carbons (Fsp3) is 0. The highest BCUT2D eigenvalue weighted by molar-refractivity contribution is 9.11. The smallest absolute Gasteiger partial charge is 0.0900 e. The van der Waals surface area contributed by atoms with Gasteiger partial charge in [0.2, 0.25) is 0 Å². The quantitative estimate of drug-likeness (QED) is 0.271. The highest BCUT2D eigenvalue weighted by Crippen LogP contribution is 2.40. The van der Waals surface area contributed by atoms with E-state index in [0.29, 0.717) is 0 Å². The Morgan fingerprint density at radius 2 is 1.17 bits per heavy atom. The van der Waals surface area contributed by atoms with Gasteiger partial charge in [0.1, 0.15) is 0 Å². The van der Waals surface area contributed by atoms with E-state index in [1.165, 1.54) is 14.6 Å². The Labute approximate surface area is 184 Å². The predicted molar refractivity (Wildman–Crippen MR) is 125 cm³/mol. The molecule has 0 fully saturated rings. The summed E-state index contributed by atoms with van der Waals surface area (Å²) in [5.41, 5.74) is 4.51. The van der Waals surface area contributed by atoms with Crippen LogP contribution in [0.15, 0.2) is 89.0 Å². The molecule has 29 heavy (non-hydrogen) atoms. The SMILES string of the molecule is Brc1ccc(-c2ccc(-c3cc(-c4ccccn4)nc(-c4ccccn4)c3)s2)s1. The third-order valence-electron chi connectivity index (χ3n) is 4.39. The van der Waals surface area contributed by atoms with Gasteiger partial charge < -0.3 is 0 Å². The van der Waals surface area contributed by atoms with E-state index >= 15 is 0 Å². The Kier molecular flexibility index (Phi) is 5.06. The van der Waals surface area contributed by atoms with Crippen LogP contribution >= 0.6 is 38.6 Å². The van der Waals surface area contributed by atoms with E-state index < -0.39 is 0 Å². The van der Waals surface area contributed by atoms with Crippen molar-refractivity contribution in [3.8, 4) is 43.0 Å². The van der Waals surface area contributed by atoms with E-state index in [-0.39, 0.29) is 0 Å². The van der Waals surface area contributed by atoms with Crippen LogP contribution in [0.4, 0.5) is 0 Å². The Morgan fingerprint density at radius 1 is 0.586 bits per heavy atom. The molecule has 5 heterocycles. The average Bonchev–Trinajstić information content (AvgIpc) is 3.44. The van der Waals surface area contributed by atoms with E-state index in [2.05, 4.69) is 62.3 Å². The molecule has 0 aromatic carbocycles. The highest BCUT2D eigenvalue weighted by Gasteiger charge is 2.12. The molecule has 0 aliphatic heterocycles. The molecule has 0 aliphatic carbocycles. The number of aromatic nitrogens is 3. The zero-order chi connectivity index (χ0) is 19.6. The number of thiophene rings is 2. The van der Waals surface area contributed by atoms with Crippen LogP contribution in [0.2, 0.25) is 0 Å². The number of hydrogen-bond acceptors (Lipinski definition) is 5. The first-order valence-corrected chi connectivity index (χ1v) is 11.4. The minimum absolute atomic E-state index is 0.845. The zero-order valence-corrected chi connectivity index (χ0v) is 18.3. The molecule has 6 heteroatoms. The van der Waals surface area contributed by atoms with Gasteiger partial charge in [0.15, 0.2) is 0 Å². The molecule has 0 saturated heterocycles.